The highest BCUT2D eigenvalue weighted by molar-refractivity contribution is 7.92. The summed E-state index contributed by atoms with van der Waals surface area (Å²) in [5, 5.41) is 19.7. The van der Waals surface area contributed by atoms with Crippen LogP contribution in [0.15, 0.2) is 63.9 Å². The van der Waals surface area contributed by atoms with Crippen LogP contribution in [0.2, 0.25) is 0 Å². The molecule has 0 radical (unpaired) electrons. The normalized spacial score (nSPS) is 11.1. The highest BCUT2D eigenvalue weighted by Crippen LogP contribution is 2.34. The van der Waals surface area contributed by atoms with Gasteiger partial charge in [-0.15, -0.1) is 0 Å². The largest absolute Gasteiger partial charge is 0.496 e. The first-order chi connectivity index (χ1) is 13.7. The number of furan rings is 1. The summed E-state index contributed by atoms with van der Waals surface area (Å²) in [6, 6.07) is 11.5. The maximum atomic E-state index is 12.6. The second kappa shape index (κ2) is 7.64. The van der Waals surface area contributed by atoms with Crippen molar-refractivity contribution >= 4 is 27.4 Å². The van der Waals surface area contributed by atoms with Crippen molar-refractivity contribution in [3.8, 4) is 17.1 Å². The number of hydrogen-bond acceptors (Lipinski definition) is 7. The Morgan fingerprint density at radius 3 is 2.38 bits per heavy atom. The molecular weight excluding hydrogens is 404 g/mol. The number of benzene rings is 2. The van der Waals surface area contributed by atoms with Gasteiger partial charge in [-0.2, -0.15) is 0 Å². The molecule has 0 bridgehead atoms. The Labute approximate surface area is 164 Å². The van der Waals surface area contributed by atoms with Crippen LogP contribution in [0.5, 0.6) is 5.75 Å². The number of nitro groups is 1. The molecular formula is C18H14N2O8S. The van der Waals surface area contributed by atoms with Crippen LogP contribution in [0, 0.1) is 10.1 Å². The van der Waals surface area contributed by atoms with Gasteiger partial charge in [0.25, 0.3) is 15.7 Å². The summed E-state index contributed by atoms with van der Waals surface area (Å²) in [5.41, 5.74) is 0.263. The number of rotatable bonds is 7. The number of nitrogens with zero attached hydrogens (tertiary/aromatic N) is 1. The van der Waals surface area contributed by atoms with E-state index in [1.807, 2.05) is 0 Å². The number of carboxylic acid groups (broad SMARTS) is 1. The highest BCUT2D eigenvalue weighted by atomic mass is 32.2. The molecule has 0 aliphatic carbocycles. The molecule has 1 aromatic heterocycles. The topological polar surface area (TPSA) is 149 Å². The maximum Gasteiger partial charge on any atom is 0.371 e. The molecule has 3 rings (SSSR count). The first-order valence-corrected chi connectivity index (χ1v) is 9.48. The Balaban J connectivity index is 1.94. The van der Waals surface area contributed by atoms with E-state index in [1.165, 1.54) is 37.4 Å². The van der Waals surface area contributed by atoms with Crippen LogP contribution < -0.4 is 9.46 Å². The van der Waals surface area contributed by atoms with Crippen molar-refractivity contribution in [1.82, 2.24) is 0 Å². The van der Waals surface area contributed by atoms with Crippen LogP contribution >= 0.6 is 0 Å². The first-order valence-electron chi connectivity index (χ1n) is 8.00. The van der Waals surface area contributed by atoms with E-state index in [-0.39, 0.29) is 27.8 Å². The van der Waals surface area contributed by atoms with Gasteiger partial charge in [-0.3, -0.25) is 14.8 Å². The fraction of sp³-hybridized carbons (Fsp3) is 0.0556. The number of methoxy groups -OCH3 is 1. The van der Waals surface area contributed by atoms with E-state index in [9.17, 15) is 23.3 Å². The summed E-state index contributed by atoms with van der Waals surface area (Å²) in [6.45, 7) is 0. The van der Waals surface area contributed by atoms with E-state index in [0.717, 1.165) is 24.3 Å². The summed E-state index contributed by atoms with van der Waals surface area (Å²) < 4.78 is 38.0. The fourth-order valence-electron chi connectivity index (χ4n) is 2.52. The van der Waals surface area contributed by atoms with Crippen molar-refractivity contribution < 1.29 is 32.4 Å². The van der Waals surface area contributed by atoms with Gasteiger partial charge in [0, 0.05) is 17.8 Å². The first kappa shape index (κ1) is 19.9. The number of sulfonamides is 1. The third-order valence-corrected chi connectivity index (χ3v) is 5.29. The quantitative estimate of drug-likeness (QED) is 0.438. The van der Waals surface area contributed by atoms with Gasteiger partial charge in [-0.05, 0) is 42.5 Å². The SMILES string of the molecule is COc1ccc(NS(=O)(=O)c2ccc([N+](=O)[O-])cc2)cc1-c1ccc(C(=O)O)o1. The van der Waals surface area contributed by atoms with Crippen molar-refractivity contribution in [2.75, 3.05) is 11.8 Å². The molecule has 0 spiro atoms. The standard InChI is InChI=1S/C18H14N2O8S/c1-27-15-7-2-11(10-14(15)16-8-9-17(28-16)18(21)22)19-29(25,26)13-5-3-12(4-6-13)20(23)24/h2-10,19H,1H3,(H,21,22). The van der Waals surface area contributed by atoms with Gasteiger partial charge in [0.1, 0.15) is 11.5 Å². The second-order valence-electron chi connectivity index (χ2n) is 5.74. The zero-order valence-electron chi connectivity index (χ0n) is 14.9. The molecule has 10 nitrogen and oxygen atoms in total. The zero-order chi connectivity index (χ0) is 21.2. The number of nitrogens with one attached hydrogen (secondary N) is 1. The monoisotopic (exact) mass is 418 g/mol. The fourth-order valence-corrected chi connectivity index (χ4v) is 3.57. The molecule has 0 atom stereocenters. The lowest BCUT2D eigenvalue weighted by Crippen LogP contribution is -2.13. The van der Waals surface area contributed by atoms with Gasteiger partial charge in [-0.25, -0.2) is 13.2 Å². The Bertz CT molecular complexity index is 1180. The van der Waals surface area contributed by atoms with E-state index in [0.29, 0.717) is 11.3 Å². The molecule has 0 unspecified atom stereocenters. The van der Waals surface area contributed by atoms with Gasteiger partial charge in [0.15, 0.2) is 0 Å². The molecule has 0 aliphatic heterocycles. The van der Waals surface area contributed by atoms with Crippen molar-refractivity contribution in [3.05, 3.63) is 70.5 Å². The molecule has 150 valence electrons. The Morgan fingerprint density at radius 2 is 1.83 bits per heavy atom. The van der Waals surface area contributed by atoms with Crippen LogP contribution in [0.25, 0.3) is 11.3 Å². The predicted molar refractivity (Wildman–Crippen MR) is 102 cm³/mol. The third-order valence-electron chi connectivity index (χ3n) is 3.89. The molecule has 3 aromatic rings. The minimum atomic E-state index is -4.02. The molecule has 2 aromatic carbocycles. The van der Waals surface area contributed by atoms with Crippen LogP contribution in [0.1, 0.15) is 10.6 Å². The Kier molecular flexibility index (Phi) is 5.24. The number of aromatic carboxylic acids is 1. The van der Waals surface area contributed by atoms with Gasteiger partial charge in [0.2, 0.25) is 5.76 Å². The number of anilines is 1. The third kappa shape index (κ3) is 4.19. The zero-order valence-corrected chi connectivity index (χ0v) is 15.7. The van der Waals surface area contributed by atoms with Gasteiger partial charge in [0.05, 0.1) is 22.5 Å². The number of carboxylic acids is 1. The summed E-state index contributed by atoms with van der Waals surface area (Å²) >= 11 is 0. The molecule has 2 N–H and O–H groups in total. The number of hydrogen-bond donors (Lipinski definition) is 2. The van der Waals surface area contributed by atoms with Crippen molar-refractivity contribution in [1.29, 1.82) is 0 Å². The number of non-ortho nitro benzene ring substituents is 1. The lowest BCUT2D eigenvalue weighted by atomic mass is 10.1. The van der Waals surface area contributed by atoms with E-state index >= 15 is 0 Å². The summed E-state index contributed by atoms with van der Waals surface area (Å²) in [6.07, 6.45) is 0. The minimum Gasteiger partial charge on any atom is -0.496 e. The lowest BCUT2D eigenvalue weighted by molar-refractivity contribution is -0.384. The molecule has 11 heteroatoms. The van der Waals surface area contributed by atoms with E-state index in [2.05, 4.69) is 4.72 Å². The van der Waals surface area contributed by atoms with Crippen molar-refractivity contribution in [2.45, 2.75) is 4.90 Å². The minimum absolute atomic E-state index is 0.160. The predicted octanol–water partition coefficient (Wildman–Crippen LogP) is 3.36. The average molecular weight is 418 g/mol. The van der Waals surface area contributed by atoms with Gasteiger partial charge >= 0.3 is 5.97 Å². The average Bonchev–Trinajstić information content (AvgIpc) is 3.18. The molecule has 0 saturated heterocycles. The highest BCUT2D eigenvalue weighted by Gasteiger charge is 2.19. The number of ether oxygens (including phenoxy) is 1. The summed E-state index contributed by atoms with van der Waals surface area (Å²) in [4.78, 5) is 20.9. The van der Waals surface area contributed by atoms with Gasteiger partial charge in [-0.1, -0.05) is 0 Å². The van der Waals surface area contributed by atoms with E-state index < -0.39 is 20.9 Å². The van der Waals surface area contributed by atoms with Crippen LogP contribution in [-0.4, -0.2) is 31.5 Å². The maximum absolute atomic E-state index is 12.6. The molecule has 0 aliphatic rings. The van der Waals surface area contributed by atoms with Gasteiger partial charge < -0.3 is 14.3 Å². The van der Waals surface area contributed by atoms with E-state index in [4.69, 9.17) is 14.3 Å². The Morgan fingerprint density at radius 1 is 1.14 bits per heavy atom. The van der Waals surface area contributed by atoms with Crippen LogP contribution in [0.4, 0.5) is 11.4 Å². The van der Waals surface area contributed by atoms with Crippen LogP contribution in [-0.2, 0) is 10.0 Å². The van der Waals surface area contributed by atoms with Crippen molar-refractivity contribution in [2.24, 2.45) is 0 Å². The smallest absolute Gasteiger partial charge is 0.371 e. The lowest BCUT2D eigenvalue weighted by Gasteiger charge is -2.11. The Hall–Kier alpha value is -3.86. The second-order valence-corrected chi connectivity index (χ2v) is 7.42. The van der Waals surface area contributed by atoms with Crippen LogP contribution in [0.3, 0.4) is 0 Å². The molecule has 29 heavy (non-hydrogen) atoms. The number of carbonyl (C=O) groups is 1. The summed E-state index contributed by atoms with van der Waals surface area (Å²) in [5.74, 6) is -1.01. The molecule has 0 amide bonds. The van der Waals surface area contributed by atoms with Crippen molar-refractivity contribution in [3.63, 3.8) is 0 Å². The van der Waals surface area contributed by atoms with E-state index in [1.54, 1.807) is 0 Å². The molecule has 0 saturated carbocycles. The molecule has 0 fully saturated rings. The number of nitro benzene ring substituents is 1. The summed E-state index contributed by atoms with van der Waals surface area (Å²) in [7, 11) is -2.62. The molecule has 1 heterocycles.